The number of hydrogen-bond donors (Lipinski definition) is 1. The lowest BCUT2D eigenvalue weighted by Gasteiger charge is -2.17. The van der Waals surface area contributed by atoms with Gasteiger partial charge in [-0.25, -0.2) is 0 Å². The molecule has 3 nitrogen and oxygen atoms in total. The molecule has 1 aliphatic carbocycles. The average Bonchev–Trinajstić information content (AvgIpc) is 3.10. The molecule has 1 rings (SSSR count). The van der Waals surface area contributed by atoms with Crippen molar-refractivity contribution in [2.24, 2.45) is 5.92 Å². The van der Waals surface area contributed by atoms with E-state index in [0.717, 1.165) is 45.3 Å². The molecule has 1 N–H and O–H groups in total. The first kappa shape index (κ1) is 13.9. The average molecular weight is 229 g/mol. The Morgan fingerprint density at radius 2 is 1.88 bits per heavy atom. The van der Waals surface area contributed by atoms with Crippen LogP contribution in [0.25, 0.3) is 0 Å². The Morgan fingerprint density at radius 3 is 2.50 bits per heavy atom. The van der Waals surface area contributed by atoms with Crippen molar-refractivity contribution in [2.75, 3.05) is 33.0 Å². The van der Waals surface area contributed by atoms with E-state index in [-0.39, 0.29) is 0 Å². The molecule has 0 amide bonds. The van der Waals surface area contributed by atoms with Gasteiger partial charge in [-0.1, -0.05) is 20.3 Å². The molecule has 1 saturated carbocycles. The molecule has 0 saturated heterocycles. The Balaban J connectivity index is 1.88. The minimum Gasteiger partial charge on any atom is -0.379 e. The molecule has 3 heteroatoms. The van der Waals surface area contributed by atoms with Gasteiger partial charge in [0.2, 0.25) is 0 Å². The number of unbranched alkanes of at least 4 members (excludes halogenated alkanes) is 1. The SMILES string of the molecule is CCCCOCCOCC(NCC)C1CC1. The van der Waals surface area contributed by atoms with Gasteiger partial charge in [0.25, 0.3) is 0 Å². The Hall–Kier alpha value is -0.120. The van der Waals surface area contributed by atoms with Crippen LogP contribution in [0.5, 0.6) is 0 Å². The van der Waals surface area contributed by atoms with Crippen molar-refractivity contribution >= 4 is 0 Å². The topological polar surface area (TPSA) is 30.5 Å². The van der Waals surface area contributed by atoms with Crippen LogP contribution in [0.15, 0.2) is 0 Å². The summed E-state index contributed by atoms with van der Waals surface area (Å²) in [5.41, 5.74) is 0. The van der Waals surface area contributed by atoms with Gasteiger partial charge >= 0.3 is 0 Å². The largest absolute Gasteiger partial charge is 0.379 e. The highest BCUT2D eigenvalue weighted by molar-refractivity contribution is 4.85. The van der Waals surface area contributed by atoms with E-state index >= 15 is 0 Å². The van der Waals surface area contributed by atoms with Crippen LogP contribution in [0.1, 0.15) is 39.5 Å². The van der Waals surface area contributed by atoms with E-state index < -0.39 is 0 Å². The zero-order valence-electron chi connectivity index (χ0n) is 10.8. The molecule has 0 heterocycles. The molecule has 1 fully saturated rings. The fourth-order valence-electron chi connectivity index (χ4n) is 1.80. The van der Waals surface area contributed by atoms with E-state index in [1.165, 1.54) is 19.3 Å². The van der Waals surface area contributed by atoms with E-state index in [4.69, 9.17) is 9.47 Å². The normalized spacial score (nSPS) is 17.6. The highest BCUT2D eigenvalue weighted by Gasteiger charge is 2.30. The summed E-state index contributed by atoms with van der Waals surface area (Å²) < 4.78 is 11.1. The smallest absolute Gasteiger partial charge is 0.0701 e. The highest BCUT2D eigenvalue weighted by Crippen LogP contribution is 2.32. The van der Waals surface area contributed by atoms with Gasteiger partial charge in [-0.05, 0) is 31.7 Å². The van der Waals surface area contributed by atoms with Gasteiger partial charge in [0.1, 0.15) is 0 Å². The molecule has 1 atom stereocenters. The molecule has 0 aromatic carbocycles. The first-order valence-electron chi connectivity index (χ1n) is 6.77. The number of ether oxygens (including phenoxy) is 2. The van der Waals surface area contributed by atoms with Crippen molar-refractivity contribution in [1.82, 2.24) is 5.32 Å². The maximum atomic E-state index is 5.64. The van der Waals surface area contributed by atoms with Crippen molar-refractivity contribution < 1.29 is 9.47 Å². The minimum atomic E-state index is 0.570. The number of hydrogen-bond acceptors (Lipinski definition) is 3. The summed E-state index contributed by atoms with van der Waals surface area (Å²) in [6.45, 7) is 8.56. The third kappa shape index (κ3) is 6.46. The van der Waals surface area contributed by atoms with Crippen molar-refractivity contribution in [3.8, 4) is 0 Å². The molecule has 0 aliphatic heterocycles. The van der Waals surface area contributed by atoms with Gasteiger partial charge in [0.05, 0.1) is 19.8 Å². The second-order valence-electron chi connectivity index (χ2n) is 4.54. The van der Waals surface area contributed by atoms with Crippen molar-refractivity contribution in [1.29, 1.82) is 0 Å². The summed E-state index contributed by atoms with van der Waals surface area (Å²) in [4.78, 5) is 0. The molecule has 0 spiro atoms. The maximum Gasteiger partial charge on any atom is 0.0701 e. The molecule has 16 heavy (non-hydrogen) atoms. The van der Waals surface area contributed by atoms with E-state index in [1.54, 1.807) is 0 Å². The van der Waals surface area contributed by atoms with E-state index in [1.807, 2.05) is 0 Å². The number of rotatable bonds is 11. The third-order valence-corrected chi connectivity index (χ3v) is 2.97. The van der Waals surface area contributed by atoms with Crippen LogP contribution in [0.4, 0.5) is 0 Å². The van der Waals surface area contributed by atoms with Gasteiger partial charge < -0.3 is 14.8 Å². The standard InChI is InChI=1S/C13H27NO2/c1-3-5-8-15-9-10-16-11-13(14-4-2)12-6-7-12/h12-14H,3-11H2,1-2H3. The zero-order chi connectivity index (χ0) is 11.6. The van der Waals surface area contributed by atoms with Gasteiger partial charge in [0, 0.05) is 12.6 Å². The molecule has 0 aromatic rings. The summed E-state index contributed by atoms with van der Waals surface area (Å²) in [6.07, 6.45) is 5.09. The summed E-state index contributed by atoms with van der Waals surface area (Å²) in [5.74, 6) is 0.862. The molecular formula is C13H27NO2. The van der Waals surface area contributed by atoms with Crippen LogP contribution in [0.3, 0.4) is 0 Å². The zero-order valence-corrected chi connectivity index (χ0v) is 10.8. The first-order valence-corrected chi connectivity index (χ1v) is 6.77. The molecule has 1 aliphatic rings. The van der Waals surface area contributed by atoms with Crippen LogP contribution in [-0.2, 0) is 9.47 Å². The molecular weight excluding hydrogens is 202 g/mol. The van der Waals surface area contributed by atoms with E-state index in [9.17, 15) is 0 Å². The van der Waals surface area contributed by atoms with Crippen molar-refractivity contribution in [3.05, 3.63) is 0 Å². The van der Waals surface area contributed by atoms with Crippen LogP contribution >= 0.6 is 0 Å². The second kappa shape index (κ2) is 8.97. The Labute approximate surface area is 99.9 Å². The summed E-state index contributed by atoms with van der Waals surface area (Å²) in [6, 6.07) is 0.570. The number of nitrogens with one attached hydrogen (secondary N) is 1. The van der Waals surface area contributed by atoms with Gasteiger partial charge in [0.15, 0.2) is 0 Å². The highest BCUT2D eigenvalue weighted by atomic mass is 16.5. The van der Waals surface area contributed by atoms with Crippen molar-refractivity contribution in [3.63, 3.8) is 0 Å². The summed E-state index contributed by atoms with van der Waals surface area (Å²) in [5, 5.41) is 3.49. The monoisotopic (exact) mass is 229 g/mol. The van der Waals surface area contributed by atoms with Gasteiger partial charge in [-0.15, -0.1) is 0 Å². The molecule has 96 valence electrons. The van der Waals surface area contributed by atoms with Crippen LogP contribution in [0, 0.1) is 5.92 Å². The lowest BCUT2D eigenvalue weighted by atomic mass is 10.2. The van der Waals surface area contributed by atoms with E-state index in [0.29, 0.717) is 6.04 Å². The lowest BCUT2D eigenvalue weighted by Crippen LogP contribution is -2.35. The van der Waals surface area contributed by atoms with Crippen LogP contribution < -0.4 is 5.32 Å². The van der Waals surface area contributed by atoms with Crippen LogP contribution in [0.2, 0.25) is 0 Å². The molecule has 0 aromatic heterocycles. The Kier molecular flexibility index (Phi) is 7.81. The predicted molar refractivity (Wildman–Crippen MR) is 66.7 cm³/mol. The molecule has 1 unspecified atom stereocenters. The second-order valence-corrected chi connectivity index (χ2v) is 4.54. The maximum absolute atomic E-state index is 5.64. The summed E-state index contributed by atoms with van der Waals surface area (Å²) >= 11 is 0. The molecule has 0 radical (unpaired) electrons. The van der Waals surface area contributed by atoms with Gasteiger partial charge in [-0.2, -0.15) is 0 Å². The quantitative estimate of drug-likeness (QED) is 0.551. The summed E-state index contributed by atoms with van der Waals surface area (Å²) in [7, 11) is 0. The van der Waals surface area contributed by atoms with E-state index in [2.05, 4.69) is 19.2 Å². The van der Waals surface area contributed by atoms with Gasteiger partial charge in [-0.3, -0.25) is 0 Å². The fraction of sp³-hybridized carbons (Fsp3) is 1.00. The fourth-order valence-corrected chi connectivity index (χ4v) is 1.80. The first-order chi connectivity index (χ1) is 7.88. The Bertz CT molecular complexity index is 160. The number of likely N-dealkylation sites (N-methyl/N-ethyl adjacent to an activating group) is 1. The lowest BCUT2D eigenvalue weighted by molar-refractivity contribution is 0.0361. The Morgan fingerprint density at radius 1 is 1.12 bits per heavy atom. The third-order valence-electron chi connectivity index (χ3n) is 2.97. The predicted octanol–water partition coefficient (Wildman–Crippen LogP) is 2.21. The van der Waals surface area contributed by atoms with Crippen LogP contribution in [-0.4, -0.2) is 39.0 Å². The molecule has 0 bridgehead atoms. The van der Waals surface area contributed by atoms with Crippen molar-refractivity contribution in [2.45, 2.75) is 45.6 Å². The minimum absolute atomic E-state index is 0.570.